The third kappa shape index (κ3) is 8.03. The second-order valence-corrected chi connectivity index (χ2v) is 13.3. The SMILES string of the molecule is CO[C@@H](/C(C)=C/C=C/C(C)=C/c1coc(C)n1)[C@@H](C)[C@@H]1C[C@H](O)[C@]2(C)O[C@@H]2/C=C/[C@@H](C)[C@H]2C[C@H](CC(=O)O2)C[C@@H]2O[C@H]2C(=O)O1. The van der Waals surface area contributed by atoms with E-state index in [4.69, 9.17) is 28.1 Å². The smallest absolute Gasteiger partial charge is 0.338 e. The van der Waals surface area contributed by atoms with Gasteiger partial charge in [-0.15, -0.1) is 0 Å². The molecule has 246 valence electrons. The number of fused-ring (bicyclic) bond motifs is 4. The highest BCUT2D eigenvalue weighted by Crippen LogP contribution is 2.44. The Balaban J connectivity index is 1.33. The minimum absolute atomic E-state index is 0.0130. The average molecular weight is 626 g/mol. The first kappa shape index (κ1) is 33.3. The molecule has 3 fully saturated rings. The van der Waals surface area contributed by atoms with E-state index in [0.717, 1.165) is 16.8 Å². The van der Waals surface area contributed by atoms with Crippen molar-refractivity contribution in [3.8, 4) is 0 Å². The molecule has 3 saturated heterocycles. The Bertz CT molecular complexity index is 1360. The molecule has 10 heteroatoms. The van der Waals surface area contributed by atoms with Gasteiger partial charge in [-0.3, -0.25) is 4.79 Å². The fourth-order valence-electron chi connectivity index (χ4n) is 6.64. The van der Waals surface area contributed by atoms with Gasteiger partial charge in [-0.05, 0) is 56.8 Å². The van der Waals surface area contributed by atoms with E-state index in [2.05, 4.69) is 4.98 Å². The van der Waals surface area contributed by atoms with Crippen molar-refractivity contribution < 1.29 is 42.8 Å². The van der Waals surface area contributed by atoms with Crippen LogP contribution in [0, 0.1) is 24.7 Å². The molecule has 11 atom stereocenters. The fourth-order valence-corrected chi connectivity index (χ4v) is 6.64. The normalized spacial score (nSPS) is 38.0. The van der Waals surface area contributed by atoms with Crippen LogP contribution in [0.3, 0.4) is 0 Å². The molecule has 4 aliphatic rings. The summed E-state index contributed by atoms with van der Waals surface area (Å²) in [5.74, 6) is -0.316. The summed E-state index contributed by atoms with van der Waals surface area (Å²) >= 11 is 0. The highest BCUT2D eigenvalue weighted by atomic mass is 16.6. The van der Waals surface area contributed by atoms with Gasteiger partial charge in [0.2, 0.25) is 0 Å². The molecule has 0 spiro atoms. The van der Waals surface area contributed by atoms with Crippen LogP contribution < -0.4 is 0 Å². The predicted molar refractivity (Wildman–Crippen MR) is 166 cm³/mol. The van der Waals surface area contributed by atoms with E-state index in [-0.39, 0.29) is 48.5 Å². The molecular formula is C35H47NO9. The Morgan fingerprint density at radius 1 is 1.16 bits per heavy atom. The molecule has 0 amide bonds. The van der Waals surface area contributed by atoms with E-state index in [9.17, 15) is 14.7 Å². The van der Waals surface area contributed by atoms with Crippen LogP contribution in [0.25, 0.3) is 6.08 Å². The van der Waals surface area contributed by atoms with Crippen molar-refractivity contribution in [3.63, 3.8) is 0 Å². The summed E-state index contributed by atoms with van der Waals surface area (Å²) in [5.41, 5.74) is 1.86. The van der Waals surface area contributed by atoms with Gasteiger partial charge in [0.15, 0.2) is 12.0 Å². The Hall–Kier alpha value is -3.05. The molecular weight excluding hydrogens is 578 g/mol. The maximum Gasteiger partial charge on any atom is 0.338 e. The second-order valence-electron chi connectivity index (χ2n) is 13.3. The minimum atomic E-state index is -0.905. The van der Waals surface area contributed by atoms with Crippen LogP contribution in [-0.2, 0) is 33.3 Å². The number of esters is 2. The van der Waals surface area contributed by atoms with Crippen molar-refractivity contribution in [1.82, 2.24) is 4.98 Å². The molecule has 2 bridgehead atoms. The number of aromatic nitrogens is 1. The van der Waals surface area contributed by atoms with Crippen LogP contribution in [0.15, 0.2) is 52.2 Å². The molecule has 1 N–H and O–H groups in total. The number of hydrogen-bond acceptors (Lipinski definition) is 10. The lowest BCUT2D eigenvalue weighted by Crippen LogP contribution is -2.42. The summed E-state index contributed by atoms with van der Waals surface area (Å²) in [7, 11) is 1.63. The number of ether oxygens (including phenoxy) is 5. The summed E-state index contributed by atoms with van der Waals surface area (Å²) in [5, 5.41) is 11.4. The first-order chi connectivity index (χ1) is 21.4. The number of methoxy groups -OCH3 is 1. The molecule has 0 aromatic carbocycles. The lowest BCUT2D eigenvalue weighted by atomic mass is 9.84. The molecule has 5 heterocycles. The molecule has 0 saturated carbocycles. The number of nitrogens with zero attached hydrogens (tertiary/aromatic N) is 1. The number of aliphatic hydroxyl groups excluding tert-OH is 1. The maximum absolute atomic E-state index is 13.4. The van der Waals surface area contributed by atoms with Crippen molar-refractivity contribution >= 4 is 18.0 Å². The van der Waals surface area contributed by atoms with Crippen molar-refractivity contribution in [1.29, 1.82) is 0 Å². The third-order valence-electron chi connectivity index (χ3n) is 9.63. The molecule has 45 heavy (non-hydrogen) atoms. The van der Waals surface area contributed by atoms with Crippen LogP contribution in [0.5, 0.6) is 0 Å². The van der Waals surface area contributed by atoms with Crippen LogP contribution in [-0.4, -0.2) is 77.5 Å². The Kier molecular flexibility index (Phi) is 10.2. The van der Waals surface area contributed by atoms with Crippen molar-refractivity contribution in [2.45, 2.75) is 116 Å². The van der Waals surface area contributed by atoms with Crippen molar-refractivity contribution in [2.24, 2.45) is 17.8 Å². The summed E-state index contributed by atoms with van der Waals surface area (Å²) in [6.45, 7) is 11.6. The molecule has 5 rings (SSSR count). The molecule has 4 aliphatic heterocycles. The number of carbonyl (C=O) groups is 2. The summed E-state index contributed by atoms with van der Waals surface area (Å²) in [6.07, 6.45) is 11.7. The van der Waals surface area contributed by atoms with Crippen molar-refractivity contribution in [3.05, 3.63) is 59.4 Å². The summed E-state index contributed by atoms with van der Waals surface area (Å²) in [4.78, 5) is 30.1. The third-order valence-corrected chi connectivity index (χ3v) is 9.63. The van der Waals surface area contributed by atoms with E-state index < -0.39 is 36.0 Å². The number of hydrogen-bond donors (Lipinski definition) is 1. The zero-order valence-corrected chi connectivity index (χ0v) is 27.3. The second kappa shape index (κ2) is 13.7. The van der Waals surface area contributed by atoms with E-state index in [1.54, 1.807) is 20.3 Å². The first-order valence-corrected chi connectivity index (χ1v) is 16.0. The van der Waals surface area contributed by atoms with Gasteiger partial charge in [-0.2, -0.15) is 0 Å². The summed E-state index contributed by atoms with van der Waals surface area (Å²) in [6, 6.07) is 0. The number of rotatable bonds is 7. The van der Waals surface area contributed by atoms with Gasteiger partial charge in [-0.1, -0.05) is 44.2 Å². The van der Waals surface area contributed by atoms with Crippen LogP contribution in [0.4, 0.5) is 0 Å². The van der Waals surface area contributed by atoms with E-state index in [1.807, 2.05) is 71.1 Å². The minimum Gasteiger partial charge on any atom is -0.462 e. The first-order valence-electron chi connectivity index (χ1n) is 16.0. The van der Waals surface area contributed by atoms with Gasteiger partial charge < -0.3 is 33.2 Å². The molecule has 0 radical (unpaired) electrons. The topological polar surface area (TPSA) is 133 Å². The highest BCUT2D eigenvalue weighted by molar-refractivity contribution is 5.78. The predicted octanol–water partition coefficient (Wildman–Crippen LogP) is 5.05. The fraction of sp³-hybridized carbons (Fsp3) is 0.629. The molecule has 0 unspecified atom stereocenters. The van der Waals surface area contributed by atoms with Gasteiger partial charge in [0.1, 0.15) is 35.9 Å². The molecule has 10 nitrogen and oxygen atoms in total. The zero-order valence-electron chi connectivity index (χ0n) is 27.3. The van der Waals surface area contributed by atoms with E-state index in [0.29, 0.717) is 25.2 Å². The van der Waals surface area contributed by atoms with Gasteiger partial charge in [0.25, 0.3) is 0 Å². The van der Waals surface area contributed by atoms with Crippen LogP contribution in [0.1, 0.15) is 71.9 Å². The van der Waals surface area contributed by atoms with E-state index >= 15 is 0 Å². The molecule has 1 aromatic heterocycles. The monoisotopic (exact) mass is 625 g/mol. The standard InChI is InChI=1S/C35H47NO9/c1-19(13-25-18-41-23(5)36-25)9-8-10-21(3)32(40-7)22(4)27-17-29(37)35(6)30(45-35)12-11-20(2)26-14-24(16-31(38)42-26)15-28-33(43-28)34(39)44-27/h8-13,18,20,22,24,26-30,32-33,37H,14-17H2,1-7H3/b9-8+,12-11+,19-13+,21-10+/t20-,22+,24+,26-,27+,28+,29+,30-,32+,33-,35+/m1/s1. The van der Waals surface area contributed by atoms with E-state index in [1.165, 1.54) is 0 Å². The summed E-state index contributed by atoms with van der Waals surface area (Å²) < 4.78 is 34.7. The Morgan fingerprint density at radius 2 is 1.91 bits per heavy atom. The molecule has 0 aliphatic carbocycles. The quantitative estimate of drug-likeness (QED) is 0.190. The average Bonchev–Trinajstić information content (AvgIpc) is 3.86. The van der Waals surface area contributed by atoms with Gasteiger partial charge in [-0.25, -0.2) is 9.78 Å². The number of carbonyl (C=O) groups excluding carboxylic acids is 2. The lowest BCUT2D eigenvalue weighted by Gasteiger charge is -2.33. The van der Waals surface area contributed by atoms with Crippen LogP contribution >= 0.6 is 0 Å². The van der Waals surface area contributed by atoms with Crippen molar-refractivity contribution in [2.75, 3.05) is 7.11 Å². The van der Waals surface area contributed by atoms with Gasteiger partial charge >= 0.3 is 11.9 Å². The largest absolute Gasteiger partial charge is 0.462 e. The number of allylic oxidation sites excluding steroid dienone is 4. The Labute approximate surface area is 265 Å². The number of oxazole rings is 1. The number of aliphatic hydroxyl groups is 1. The van der Waals surface area contributed by atoms with Crippen LogP contribution in [0.2, 0.25) is 0 Å². The number of cyclic esters (lactones) is 1. The maximum atomic E-state index is 13.4. The van der Waals surface area contributed by atoms with Gasteiger partial charge in [0, 0.05) is 38.7 Å². The Morgan fingerprint density at radius 3 is 2.62 bits per heavy atom. The lowest BCUT2D eigenvalue weighted by molar-refractivity contribution is -0.159. The molecule has 1 aromatic rings. The van der Waals surface area contributed by atoms with Gasteiger partial charge in [0.05, 0.1) is 18.3 Å². The number of epoxide rings is 2. The highest BCUT2D eigenvalue weighted by Gasteiger charge is 2.57. The number of aryl methyl sites for hydroxylation is 1. The zero-order chi connectivity index (χ0) is 32.5.